The summed E-state index contributed by atoms with van der Waals surface area (Å²) < 4.78 is 68.9. The zero-order chi connectivity index (χ0) is 43.1. The van der Waals surface area contributed by atoms with E-state index in [1.165, 1.54) is 0 Å². The summed E-state index contributed by atoms with van der Waals surface area (Å²) in [6, 6.07) is 56.8. The molecule has 0 spiro atoms. The molecule has 11 rings (SSSR count). The quantitative estimate of drug-likeness (QED) is 0.162. The second-order valence-corrected chi connectivity index (χ2v) is 14.0. The molecule has 0 atom stereocenters. The molecule has 0 amide bonds. The van der Waals surface area contributed by atoms with Gasteiger partial charge < -0.3 is 9.13 Å². The van der Waals surface area contributed by atoms with E-state index in [4.69, 9.17) is 4.11 Å². The number of nitrogens with zero attached hydrogens (tertiary/aromatic N) is 2. The first-order chi connectivity index (χ1) is 30.7. The summed E-state index contributed by atoms with van der Waals surface area (Å²) in [5.41, 5.74) is 10.7. The van der Waals surface area contributed by atoms with Crippen molar-refractivity contribution in [3.05, 3.63) is 218 Å². The summed E-state index contributed by atoms with van der Waals surface area (Å²) >= 11 is 0. The van der Waals surface area contributed by atoms with Crippen LogP contribution in [0.2, 0.25) is 0 Å². The van der Waals surface area contributed by atoms with Gasteiger partial charge in [0.15, 0.2) is 0 Å². The smallest absolute Gasteiger partial charge is 0.0645 e. The van der Waals surface area contributed by atoms with Crippen LogP contribution in [0, 0.1) is 0 Å². The molecule has 0 bridgehead atoms. The minimum atomic E-state index is -0.424. The monoisotopic (exact) mass is 719 g/mol. The molecule has 11 aromatic rings. The molecule has 2 heterocycles. The van der Waals surface area contributed by atoms with E-state index in [-0.39, 0.29) is 57.6 Å². The standard InChI is InChI=1S/C54H36N2/c1-4-15-37(16-5-1)38-27-31-43(32-28-38)55-50-25-13-11-22-46(50)47-35-41(29-33-51(47)55)42-30-34-52-48(36-42)54-45(40-19-8-3-9-20-40)23-14-26-53(54)56(52)49-24-12-10-21-44(49)39-17-6-2-7-18-39/h1-36H/i11D,13D,22D,25D,29D,33D,35D. The highest BCUT2D eigenvalue weighted by Crippen LogP contribution is 2.43. The Kier molecular flexibility index (Phi) is 6.01. The SMILES string of the molecule is [2H]c1c([2H])c([2H])c2c(c1[2H])c1c([2H])c(-c3ccc4c(c3)c3c(-c5ccccc5)cccc3n4-c3ccccc3-c3ccccc3)c([2H])c([2H])c1n2-c1ccc(-c2ccccc2)cc1. The van der Waals surface area contributed by atoms with Crippen LogP contribution in [0.3, 0.4) is 0 Å². The maximum absolute atomic E-state index is 9.95. The molecule has 0 N–H and O–H groups in total. The van der Waals surface area contributed by atoms with Crippen molar-refractivity contribution in [2.45, 2.75) is 0 Å². The first-order valence-corrected chi connectivity index (χ1v) is 18.7. The molecule has 0 aliphatic carbocycles. The van der Waals surface area contributed by atoms with Gasteiger partial charge in [0.1, 0.15) is 0 Å². The zero-order valence-corrected chi connectivity index (χ0v) is 30.1. The number of hydrogen-bond donors (Lipinski definition) is 0. The van der Waals surface area contributed by atoms with Gasteiger partial charge in [-0.15, -0.1) is 0 Å². The van der Waals surface area contributed by atoms with Gasteiger partial charge in [-0.3, -0.25) is 0 Å². The van der Waals surface area contributed by atoms with E-state index in [1.54, 1.807) is 4.57 Å². The van der Waals surface area contributed by atoms with Crippen LogP contribution in [0.5, 0.6) is 0 Å². The Morgan fingerprint density at radius 2 is 0.946 bits per heavy atom. The second kappa shape index (κ2) is 13.2. The maximum Gasteiger partial charge on any atom is 0.0645 e. The molecule has 2 nitrogen and oxygen atoms in total. The van der Waals surface area contributed by atoms with Gasteiger partial charge in [0.05, 0.1) is 37.3 Å². The van der Waals surface area contributed by atoms with Gasteiger partial charge in [-0.25, -0.2) is 0 Å². The third-order valence-electron chi connectivity index (χ3n) is 10.8. The van der Waals surface area contributed by atoms with Crippen molar-refractivity contribution >= 4 is 43.6 Å². The van der Waals surface area contributed by atoms with Gasteiger partial charge in [-0.05, 0) is 93.5 Å². The van der Waals surface area contributed by atoms with Crippen molar-refractivity contribution in [3.8, 4) is 55.9 Å². The molecule has 0 radical (unpaired) electrons. The normalized spacial score (nSPS) is 13.3. The predicted octanol–water partition coefficient (Wildman–Crippen LogP) is 14.5. The number of hydrogen-bond acceptors (Lipinski definition) is 0. The Morgan fingerprint density at radius 3 is 1.71 bits per heavy atom. The molecule has 0 fully saturated rings. The van der Waals surface area contributed by atoms with Gasteiger partial charge in [0.25, 0.3) is 0 Å². The van der Waals surface area contributed by atoms with Crippen molar-refractivity contribution in [2.75, 3.05) is 0 Å². The van der Waals surface area contributed by atoms with Gasteiger partial charge in [0.2, 0.25) is 0 Å². The van der Waals surface area contributed by atoms with E-state index in [9.17, 15) is 5.48 Å². The lowest BCUT2D eigenvalue weighted by atomic mass is 9.97. The van der Waals surface area contributed by atoms with Crippen LogP contribution in [-0.2, 0) is 0 Å². The van der Waals surface area contributed by atoms with Crippen LogP contribution < -0.4 is 0 Å². The lowest BCUT2D eigenvalue weighted by molar-refractivity contribution is 1.18. The van der Waals surface area contributed by atoms with E-state index in [2.05, 4.69) is 59.2 Å². The van der Waals surface area contributed by atoms with Crippen molar-refractivity contribution < 1.29 is 9.60 Å². The Morgan fingerprint density at radius 1 is 0.339 bits per heavy atom. The van der Waals surface area contributed by atoms with Gasteiger partial charge in [0, 0.05) is 32.8 Å². The number of para-hydroxylation sites is 2. The summed E-state index contributed by atoms with van der Waals surface area (Å²) in [6.07, 6.45) is 0. The summed E-state index contributed by atoms with van der Waals surface area (Å²) in [5.74, 6) is 0. The molecule has 0 saturated heterocycles. The predicted molar refractivity (Wildman–Crippen MR) is 237 cm³/mol. The minimum Gasteiger partial charge on any atom is -0.309 e. The number of rotatable bonds is 6. The summed E-state index contributed by atoms with van der Waals surface area (Å²) in [6.45, 7) is 0. The highest BCUT2D eigenvalue weighted by Gasteiger charge is 2.20. The molecule has 56 heavy (non-hydrogen) atoms. The van der Waals surface area contributed by atoms with Gasteiger partial charge in [-0.2, -0.15) is 0 Å². The highest BCUT2D eigenvalue weighted by atomic mass is 15.0. The fourth-order valence-electron chi connectivity index (χ4n) is 8.22. The molecule has 0 aliphatic heterocycles. The largest absolute Gasteiger partial charge is 0.309 e. The lowest BCUT2D eigenvalue weighted by Crippen LogP contribution is -1.97. The van der Waals surface area contributed by atoms with Crippen LogP contribution in [0.4, 0.5) is 0 Å². The number of aromatic nitrogens is 2. The molecular weight excluding hydrogens is 677 g/mol. The van der Waals surface area contributed by atoms with Crippen LogP contribution in [0.15, 0.2) is 218 Å². The highest BCUT2D eigenvalue weighted by molar-refractivity contribution is 6.17. The Hall–Kier alpha value is -7.42. The molecule has 262 valence electrons. The van der Waals surface area contributed by atoms with Crippen LogP contribution in [0.1, 0.15) is 9.60 Å². The third kappa shape index (κ3) is 5.19. The van der Waals surface area contributed by atoms with Crippen molar-refractivity contribution in [2.24, 2.45) is 0 Å². The van der Waals surface area contributed by atoms with E-state index in [0.717, 1.165) is 60.9 Å². The van der Waals surface area contributed by atoms with Crippen LogP contribution in [0.25, 0.3) is 99.5 Å². The zero-order valence-electron chi connectivity index (χ0n) is 37.1. The molecule has 2 heteroatoms. The third-order valence-corrected chi connectivity index (χ3v) is 10.8. The molecular formula is C54H36N2. The fourth-order valence-corrected chi connectivity index (χ4v) is 8.22. The topological polar surface area (TPSA) is 9.86 Å². The fraction of sp³-hybridized carbons (Fsp3) is 0. The van der Waals surface area contributed by atoms with E-state index in [0.29, 0.717) is 11.3 Å². The maximum atomic E-state index is 9.95. The summed E-state index contributed by atoms with van der Waals surface area (Å²) in [7, 11) is 0. The summed E-state index contributed by atoms with van der Waals surface area (Å²) in [4.78, 5) is 0. The molecule has 9 aromatic carbocycles. The van der Waals surface area contributed by atoms with E-state index in [1.807, 2.05) is 121 Å². The van der Waals surface area contributed by atoms with E-state index >= 15 is 0 Å². The van der Waals surface area contributed by atoms with Crippen molar-refractivity contribution in [1.29, 1.82) is 0 Å². The van der Waals surface area contributed by atoms with Gasteiger partial charge >= 0.3 is 0 Å². The van der Waals surface area contributed by atoms with Crippen LogP contribution in [-0.4, -0.2) is 9.13 Å². The average Bonchev–Trinajstić information content (AvgIpc) is 3.87. The average molecular weight is 720 g/mol. The minimum absolute atomic E-state index is 0.0820. The summed E-state index contributed by atoms with van der Waals surface area (Å²) in [5, 5.41) is 2.24. The Bertz CT molecular complexity index is 3620. The molecule has 0 saturated carbocycles. The molecule has 2 aromatic heterocycles. The van der Waals surface area contributed by atoms with Crippen molar-refractivity contribution in [1.82, 2.24) is 9.13 Å². The molecule has 0 aliphatic rings. The Balaban J connectivity index is 1.21. The lowest BCUT2D eigenvalue weighted by Gasteiger charge is -2.14. The van der Waals surface area contributed by atoms with E-state index < -0.39 is 12.1 Å². The first-order valence-electron chi connectivity index (χ1n) is 22.2. The van der Waals surface area contributed by atoms with Crippen LogP contribution >= 0.6 is 0 Å². The van der Waals surface area contributed by atoms with Gasteiger partial charge in [-0.1, -0.05) is 164 Å². The number of fused-ring (bicyclic) bond motifs is 6. The first kappa shape index (κ1) is 25.6. The number of benzene rings is 9. The molecule has 0 unspecified atom stereocenters. The van der Waals surface area contributed by atoms with Crippen molar-refractivity contribution in [3.63, 3.8) is 0 Å². The second-order valence-electron chi connectivity index (χ2n) is 14.0. The Labute approximate surface area is 335 Å².